The molecule has 0 saturated heterocycles. The second kappa shape index (κ2) is 4.78. The average molecular weight is 214 g/mol. The molecule has 0 unspecified atom stereocenters. The Hall–Kier alpha value is -0.0100. The lowest BCUT2D eigenvalue weighted by atomic mass is 10.6. The molecule has 4 nitrogen and oxygen atoms in total. The minimum Gasteiger partial charge on any atom is -0.211 e. The van der Waals surface area contributed by atoms with Crippen LogP contribution in [0, 0.1) is 0 Å². The molecule has 0 saturated carbocycles. The number of thiol groups is 1. The van der Waals surface area contributed by atoms with E-state index in [0.717, 1.165) is 0 Å². The van der Waals surface area contributed by atoms with Crippen LogP contribution in [-0.4, -0.2) is 18.6 Å². The molecular weight excluding hydrogens is 206 g/mol. The van der Waals surface area contributed by atoms with Gasteiger partial charge in [0.15, 0.2) is 0 Å². The number of sulfonamides is 1. The highest BCUT2D eigenvalue weighted by atomic mass is 32.3. The zero-order valence-electron chi connectivity index (χ0n) is 5.85. The molecule has 0 aliphatic heterocycles. The second-order valence-electron chi connectivity index (χ2n) is 1.72. The highest BCUT2D eigenvalue weighted by Crippen LogP contribution is 1.95. The van der Waals surface area contributed by atoms with Crippen LogP contribution < -0.4 is 0 Å². The molecule has 0 rings (SSSR count). The summed E-state index contributed by atoms with van der Waals surface area (Å²) in [6.07, 6.45) is 0.493. The maximum absolute atomic E-state index is 10.8. The molecule has 7 heteroatoms. The van der Waals surface area contributed by atoms with E-state index in [9.17, 15) is 13.2 Å². The molecule has 0 radical (unpaired) electrons. The Bertz CT molecular complexity index is 256. The molecule has 0 N–H and O–H groups in total. The maximum atomic E-state index is 10.8. The Morgan fingerprint density at radius 2 is 2.18 bits per heavy atom. The Labute approximate surface area is 75.0 Å². The van der Waals surface area contributed by atoms with Gasteiger partial charge in [0, 0.05) is 0 Å². The predicted octanol–water partition coefficient (Wildman–Crippen LogP) is 1.04. The van der Waals surface area contributed by atoms with Gasteiger partial charge in [-0.25, -0.2) is 13.2 Å². The van der Waals surface area contributed by atoms with Crippen molar-refractivity contribution < 1.29 is 13.2 Å². The highest BCUT2D eigenvalue weighted by Gasteiger charge is 2.16. The summed E-state index contributed by atoms with van der Waals surface area (Å²) in [5.41, 5.74) is 0. The van der Waals surface area contributed by atoms with Gasteiger partial charge in [0.05, 0.1) is 5.75 Å². The van der Waals surface area contributed by atoms with Crippen LogP contribution in [0.4, 0.5) is 4.79 Å². The lowest BCUT2D eigenvalue weighted by Crippen LogP contribution is -2.00. The van der Waals surface area contributed by atoms with E-state index < -0.39 is 14.5 Å². The molecule has 0 aliphatic carbocycles. The molecule has 0 spiro atoms. The molecular formula is C4H8NO3S3+. The van der Waals surface area contributed by atoms with Crippen LogP contribution in [0.5, 0.6) is 0 Å². The third-order valence-corrected chi connectivity index (χ3v) is 3.22. The van der Waals surface area contributed by atoms with Crippen molar-refractivity contribution >= 4 is 38.7 Å². The van der Waals surface area contributed by atoms with Gasteiger partial charge in [-0.15, -0.1) is 0 Å². The number of hydrogen-bond donors (Lipinski definition) is 1. The minimum absolute atomic E-state index is 0.0267. The Morgan fingerprint density at radius 3 is 2.55 bits per heavy atom. The van der Waals surface area contributed by atoms with Crippen molar-refractivity contribution in [3.05, 3.63) is 0 Å². The minimum atomic E-state index is -3.41. The first kappa shape index (κ1) is 11.0. The smallest absolute Gasteiger partial charge is 0.211 e. The van der Waals surface area contributed by atoms with Gasteiger partial charge in [-0.1, -0.05) is 6.92 Å². The van der Waals surface area contributed by atoms with E-state index in [1.165, 1.54) is 0 Å². The molecule has 0 fully saturated rings. The fourth-order valence-corrected chi connectivity index (χ4v) is 2.21. The fourth-order valence-electron chi connectivity index (χ4n) is 0.384. The largest absolute Gasteiger partial charge is 0.491 e. The Balaban J connectivity index is 4.25. The Kier molecular flexibility index (Phi) is 4.78. The molecule has 0 bridgehead atoms. The van der Waals surface area contributed by atoms with Crippen LogP contribution >= 0.6 is 12.6 Å². The highest BCUT2D eigenvalue weighted by molar-refractivity contribution is 8.19. The van der Waals surface area contributed by atoms with Crippen molar-refractivity contribution in [1.82, 2.24) is 0 Å². The van der Waals surface area contributed by atoms with E-state index >= 15 is 0 Å². The van der Waals surface area contributed by atoms with E-state index in [0.29, 0.717) is 18.0 Å². The molecule has 0 amide bonds. The molecule has 0 heterocycles. The van der Waals surface area contributed by atoms with Gasteiger partial charge in [-0.3, -0.25) is 0 Å². The predicted molar refractivity (Wildman–Crippen MR) is 48.3 cm³/mol. The molecule has 0 aromatic carbocycles. The summed E-state index contributed by atoms with van der Waals surface area (Å²) in [5.74, 6) is -0.0267. The van der Waals surface area contributed by atoms with Gasteiger partial charge in [0.2, 0.25) is 0 Å². The summed E-state index contributed by atoms with van der Waals surface area (Å²) in [7, 11) is -3.41. The first-order valence-corrected chi connectivity index (χ1v) is 5.66. The summed E-state index contributed by atoms with van der Waals surface area (Å²) < 4.78 is 24.0. The van der Waals surface area contributed by atoms with Crippen molar-refractivity contribution in [1.29, 1.82) is 0 Å². The third kappa shape index (κ3) is 6.39. The van der Waals surface area contributed by atoms with Gasteiger partial charge < -0.3 is 0 Å². The van der Waals surface area contributed by atoms with Crippen LogP contribution in [0.25, 0.3) is 0 Å². The molecule has 11 heavy (non-hydrogen) atoms. The van der Waals surface area contributed by atoms with E-state index in [1.54, 1.807) is 6.92 Å². The van der Waals surface area contributed by atoms with Gasteiger partial charge in [0.1, 0.15) is 3.77 Å². The maximum Gasteiger partial charge on any atom is 0.491 e. The number of rotatable bonds is 3. The zero-order valence-corrected chi connectivity index (χ0v) is 8.38. The van der Waals surface area contributed by atoms with Crippen LogP contribution in [0.3, 0.4) is 0 Å². The third-order valence-electron chi connectivity index (χ3n) is 0.691. The summed E-state index contributed by atoms with van der Waals surface area (Å²) in [6.45, 7) is 1.72. The zero-order chi connectivity index (χ0) is 8.91. The first-order valence-electron chi connectivity index (χ1n) is 2.83. The van der Waals surface area contributed by atoms with Gasteiger partial charge in [0.25, 0.3) is 0 Å². The summed E-state index contributed by atoms with van der Waals surface area (Å²) in [5, 5.41) is 0. The molecule has 0 atom stereocenters. The normalized spacial score (nSPS) is 12.2. The standard InChI is InChI=1S/C4H7NO3S3/c1-2-3-11(7,8)5-10-4(6)9/h2-3H2,1H3/p+1. The van der Waals surface area contributed by atoms with Gasteiger partial charge in [-0.2, -0.15) is 0 Å². The van der Waals surface area contributed by atoms with Crippen molar-refractivity contribution in [3.8, 4) is 0 Å². The Morgan fingerprint density at radius 1 is 1.64 bits per heavy atom. The number of hydrogen-bond acceptors (Lipinski definition) is 3. The van der Waals surface area contributed by atoms with E-state index in [-0.39, 0.29) is 5.75 Å². The van der Waals surface area contributed by atoms with Crippen molar-refractivity contribution in [3.63, 3.8) is 0 Å². The number of nitrogens with zero attached hydrogens (tertiary/aromatic N) is 1. The average Bonchev–Trinajstić information content (AvgIpc) is 1.84. The lowest BCUT2D eigenvalue weighted by Gasteiger charge is -1.83. The van der Waals surface area contributed by atoms with Crippen molar-refractivity contribution in [2.45, 2.75) is 13.3 Å². The fraction of sp³-hybridized carbons (Fsp3) is 0.750. The summed E-state index contributed by atoms with van der Waals surface area (Å²) in [4.78, 5) is 10.2. The number of carbonyl (C=O) groups excluding carboxylic acids is 1. The second-order valence-corrected chi connectivity index (χ2v) is 5.15. The van der Waals surface area contributed by atoms with E-state index in [1.807, 2.05) is 0 Å². The topological polar surface area (TPSA) is 63.6 Å². The monoisotopic (exact) mass is 214 g/mol. The van der Waals surface area contributed by atoms with Crippen molar-refractivity contribution in [2.75, 3.05) is 5.75 Å². The number of carbonyl (C=O) groups is 1. The summed E-state index contributed by atoms with van der Waals surface area (Å²) in [6, 6.07) is 0. The van der Waals surface area contributed by atoms with Crippen LogP contribution in [0.2, 0.25) is 0 Å². The molecule has 0 aromatic rings. The van der Waals surface area contributed by atoms with E-state index in [4.69, 9.17) is 0 Å². The van der Waals surface area contributed by atoms with Crippen LogP contribution in [-0.2, 0) is 21.6 Å². The molecule has 0 aliphatic rings. The quantitative estimate of drug-likeness (QED) is 0.564. The SMILES string of the molecule is CCCS(=O)(=O)N=[S+]C(=O)S. The van der Waals surface area contributed by atoms with Crippen molar-refractivity contribution in [2.24, 2.45) is 3.77 Å². The first-order chi connectivity index (χ1) is 4.98. The van der Waals surface area contributed by atoms with Gasteiger partial charge >= 0.3 is 26.0 Å². The molecule has 0 aromatic heterocycles. The summed E-state index contributed by atoms with van der Waals surface area (Å²) >= 11 is 3.68. The van der Waals surface area contributed by atoms with Crippen LogP contribution in [0.1, 0.15) is 13.3 Å². The van der Waals surface area contributed by atoms with Gasteiger partial charge in [-0.05, 0) is 19.0 Å². The lowest BCUT2D eigenvalue weighted by molar-refractivity contribution is 0.277. The molecule has 64 valence electrons. The van der Waals surface area contributed by atoms with Crippen LogP contribution in [0.15, 0.2) is 3.77 Å². The van der Waals surface area contributed by atoms with E-state index in [2.05, 4.69) is 16.4 Å².